The Bertz CT molecular complexity index is 450. The van der Waals surface area contributed by atoms with Crippen LogP contribution in [0, 0.1) is 0 Å². The number of nitrogens with zero attached hydrogens (tertiary/aromatic N) is 2. The van der Waals surface area contributed by atoms with E-state index in [0.717, 1.165) is 18.7 Å². The third-order valence-electron chi connectivity index (χ3n) is 2.44. The minimum Gasteiger partial charge on any atom is -0.423 e. The first-order valence-electron chi connectivity index (χ1n) is 4.52. The summed E-state index contributed by atoms with van der Waals surface area (Å²) in [7, 11) is 0. The van der Waals surface area contributed by atoms with Crippen molar-refractivity contribution in [2.75, 3.05) is 0 Å². The Kier molecular flexibility index (Phi) is 1.61. The molecule has 0 fully saturated rings. The van der Waals surface area contributed by atoms with Crippen LogP contribution in [0.1, 0.15) is 11.1 Å². The van der Waals surface area contributed by atoms with Gasteiger partial charge in [0, 0.05) is 18.7 Å². The van der Waals surface area contributed by atoms with Gasteiger partial charge in [-0.25, -0.2) is 0 Å². The number of fused-ring (bicyclic) bond motifs is 1. The van der Waals surface area contributed by atoms with Gasteiger partial charge in [0.1, 0.15) is 0 Å². The van der Waals surface area contributed by atoms with E-state index in [1.807, 2.05) is 6.07 Å². The van der Waals surface area contributed by atoms with Crippen LogP contribution < -0.4 is 5.32 Å². The highest BCUT2D eigenvalue weighted by molar-refractivity contribution is 5.55. The summed E-state index contributed by atoms with van der Waals surface area (Å²) >= 11 is 0. The number of aromatic nitrogens is 2. The summed E-state index contributed by atoms with van der Waals surface area (Å²) in [4.78, 5) is 0. The van der Waals surface area contributed by atoms with Crippen molar-refractivity contribution in [3.05, 3.63) is 35.7 Å². The third kappa shape index (κ3) is 1.12. The molecular formula is C10H9N3O. The van der Waals surface area contributed by atoms with E-state index in [1.54, 1.807) is 0 Å². The maximum atomic E-state index is 5.14. The SMILES string of the molecule is c1nnc(-c2ccc3c(c2)CNC3)o1. The second-order valence-electron chi connectivity index (χ2n) is 3.33. The highest BCUT2D eigenvalue weighted by atomic mass is 16.4. The molecule has 0 aliphatic carbocycles. The Hall–Kier alpha value is -1.68. The Balaban J connectivity index is 2.09. The van der Waals surface area contributed by atoms with Crippen LogP contribution in [0.2, 0.25) is 0 Å². The number of rotatable bonds is 1. The summed E-state index contributed by atoms with van der Waals surface area (Å²) in [5.74, 6) is 0.583. The summed E-state index contributed by atoms with van der Waals surface area (Å²) in [6.45, 7) is 1.89. The maximum Gasteiger partial charge on any atom is 0.247 e. The Morgan fingerprint density at radius 1 is 1.21 bits per heavy atom. The van der Waals surface area contributed by atoms with Gasteiger partial charge < -0.3 is 9.73 Å². The molecule has 0 spiro atoms. The van der Waals surface area contributed by atoms with Gasteiger partial charge >= 0.3 is 0 Å². The summed E-state index contributed by atoms with van der Waals surface area (Å²) in [6, 6.07) is 6.22. The van der Waals surface area contributed by atoms with E-state index in [2.05, 4.69) is 27.6 Å². The van der Waals surface area contributed by atoms with Crippen LogP contribution in [0.25, 0.3) is 11.5 Å². The molecule has 1 aromatic heterocycles. The second kappa shape index (κ2) is 2.92. The van der Waals surface area contributed by atoms with Gasteiger partial charge in [-0.15, -0.1) is 10.2 Å². The van der Waals surface area contributed by atoms with E-state index >= 15 is 0 Å². The molecule has 0 radical (unpaired) electrons. The van der Waals surface area contributed by atoms with Gasteiger partial charge in [-0.1, -0.05) is 6.07 Å². The average molecular weight is 187 g/mol. The molecule has 3 rings (SSSR count). The van der Waals surface area contributed by atoms with Crippen molar-refractivity contribution in [3.63, 3.8) is 0 Å². The lowest BCUT2D eigenvalue weighted by Gasteiger charge is -1.99. The molecule has 1 aliphatic rings. The van der Waals surface area contributed by atoms with Crippen molar-refractivity contribution >= 4 is 0 Å². The molecule has 1 N–H and O–H groups in total. The fourth-order valence-electron chi connectivity index (χ4n) is 1.73. The first-order valence-corrected chi connectivity index (χ1v) is 4.52. The molecule has 0 bridgehead atoms. The van der Waals surface area contributed by atoms with Crippen LogP contribution in [0.4, 0.5) is 0 Å². The summed E-state index contributed by atoms with van der Waals surface area (Å²) in [5, 5.41) is 10.8. The van der Waals surface area contributed by atoms with Gasteiger partial charge in [0.15, 0.2) is 0 Å². The fourth-order valence-corrected chi connectivity index (χ4v) is 1.73. The number of hydrogen-bond donors (Lipinski definition) is 1. The lowest BCUT2D eigenvalue weighted by atomic mass is 10.1. The van der Waals surface area contributed by atoms with Gasteiger partial charge in [-0.05, 0) is 23.3 Å². The van der Waals surface area contributed by atoms with Crippen LogP contribution in [-0.4, -0.2) is 10.2 Å². The van der Waals surface area contributed by atoms with Gasteiger partial charge in [0.05, 0.1) is 0 Å². The van der Waals surface area contributed by atoms with E-state index in [4.69, 9.17) is 4.42 Å². The first kappa shape index (κ1) is 7.70. The average Bonchev–Trinajstić information content (AvgIpc) is 2.88. The molecule has 0 saturated heterocycles. The fraction of sp³-hybridized carbons (Fsp3) is 0.200. The summed E-state index contributed by atoms with van der Waals surface area (Å²) < 4.78 is 5.14. The predicted octanol–water partition coefficient (Wildman–Crippen LogP) is 1.34. The van der Waals surface area contributed by atoms with E-state index < -0.39 is 0 Å². The normalized spacial score (nSPS) is 14.3. The lowest BCUT2D eigenvalue weighted by molar-refractivity contribution is 0.568. The Morgan fingerprint density at radius 3 is 3.00 bits per heavy atom. The molecule has 2 aromatic rings. The minimum atomic E-state index is 0.583. The highest BCUT2D eigenvalue weighted by Crippen LogP contribution is 2.23. The van der Waals surface area contributed by atoms with Crippen molar-refractivity contribution in [2.24, 2.45) is 0 Å². The van der Waals surface area contributed by atoms with Crippen molar-refractivity contribution in [2.45, 2.75) is 13.1 Å². The van der Waals surface area contributed by atoms with Gasteiger partial charge in [-0.3, -0.25) is 0 Å². The molecule has 4 nitrogen and oxygen atoms in total. The molecule has 14 heavy (non-hydrogen) atoms. The monoisotopic (exact) mass is 187 g/mol. The molecule has 2 heterocycles. The van der Waals surface area contributed by atoms with Crippen molar-refractivity contribution in [3.8, 4) is 11.5 Å². The standard InChI is InChI=1S/C10H9N3O/c1-2-8-4-11-5-9(8)3-7(1)10-13-12-6-14-10/h1-3,6,11H,4-5H2. The second-order valence-corrected chi connectivity index (χ2v) is 3.33. The highest BCUT2D eigenvalue weighted by Gasteiger charge is 2.12. The van der Waals surface area contributed by atoms with E-state index in [1.165, 1.54) is 17.5 Å². The zero-order valence-electron chi connectivity index (χ0n) is 7.53. The van der Waals surface area contributed by atoms with Crippen LogP contribution >= 0.6 is 0 Å². The van der Waals surface area contributed by atoms with E-state index in [-0.39, 0.29) is 0 Å². The predicted molar refractivity (Wildman–Crippen MR) is 50.3 cm³/mol. The molecule has 1 aromatic carbocycles. The molecule has 4 heteroatoms. The van der Waals surface area contributed by atoms with Crippen molar-refractivity contribution in [1.82, 2.24) is 15.5 Å². The van der Waals surface area contributed by atoms with E-state index in [0.29, 0.717) is 5.89 Å². The van der Waals surface area contributed by atoms with Gasteiger partial charge in [-0.2, -0.15) is 0 Å². The van der Waals surface area contributed by atoms with Crippen molar-refractivity contribution in [1.29, 1.82) is 0 Å². The van der Waals surface area contributed by atoms with E-state index in [9.17, 15) is 0 Å². The third-order valence-corrected chi connectivity index (χ3v) is 2.44. The number of benzene rings is 1. The Labute approximate surface area is 81.0 Å². The topological polar surface area (TPSA) is 51.0 Å². The molecule has 70 valence electrons. The number of hydrogen-bond acceptors (Lipinski definition) is 4. The molecule has 1 aliphatic heterocycles. The van der Waals surface area contributed by atoms with Crippen molar-refractivity contribution < 1.29 is 4.42 Å². The van der Waals surface area contributed by atoms with Crippen LogP contribution in [-0.2, 0) is 13.1 Å². The molecule has 0 atom stereocenters. The number of nitrogens with one attached hydrogen (secondary N) is 1. The lowest BCUT2D eigenvalue weighted by Crippen LogP contribution is -1.99. The molecular weight excluding hydrogens is 178 g/mol. The summed E-state index contributed by atoms with van der Waals surface area (Å²) in [5.41, 5.74) is 3.67. The molecule has 0 amide bonds. The Morgan fingerprint density at radius 2 is 2.14 bits per heavy atom. The zero-order valence-corrected chi connectivity index (χ0v) is 7.53. The van der Waals surface area contributed by atoms with Gasteiger partial charge in [0.2, 0.25) is 12.3 Å². The molecule has 0 saturated carbocycles. The first-order chi connectivity index (χ1) is 6.93. The maximum absolute atomic E-state index is 5.14. The zero-order chi connectivity index (χ0) is 9.38. The van der Waals surface area contributed by atoms with Crippen LogP contribution in [0.15, 0.2) is 29.0 Å². The van der Waals surface area contributed by atoms with Crippen LogP contribution in [0.5, 0.6) is 0 Å². The quantitative estimate of drug-likeness (QED) is 0.732. The van der Waals surface area contributed by atoms with Crippen LogP contribution in [0.3, 0.4) is 0 Å². The smallest absolute Gasteiger partial charge is 0.247 e. The summed E-state index contributed by atoms with van der Waals surface area (Å²) in [6.07, 6.45) is 1.35. The van der Waals surface area contributed by atoms with Gasteiger partial charge in [0.25, 0.3) is 0 Å². The largest absolute Gasteiger partial charge is 0.423 e. The molecule has 0 unspecified atom stereocenters. The minimum absolute atomic E-state index is 0.583.